The predicted molar refractivity (Wildman–Crippen MR) is 172 cm³/mol. The highest BCUT2D eigenvalue weighted by Gasteiger charge is 2.19. The molecule has 0 saturated heterocycles. The number of hydrogen-bond acceptors (Lipinski definition) is 9. The molecule has 0 heterocycles. The van der Waals surface area contributed by atoms with Crippen molar-refractivity contribution in [2.24, 2.45) is 0 Å². The molecule has 238 valence electrons. The first-order chi connectivity index (χ1) is 20.6. The van der Waals surface area contributed by atoms with Crippen LogP contribution in [-0.4, -0.2) is 67.1 Å². The van der Waals surface area contributed by atoms with E-state index in [1.165, 1.54) is 24.3 Å². The summed E-state index contributed by atoms with van der Waals surface area (Å²) in [4.78, 5) is 21.0. The molecule has 0 aliphatic heterocycles. The van der Waals surface area contributed by atoms with Gasteiger partial charge in [0.1, 0.15) is 10.1 Å². The lowest BCUT2D eigenvalue weighted by Gasteiger charge is -2.34. The zero-order valence-electron chi connectivity index (χ0n) is 25.6. The number of anilines is 2. The van der Waals surface area contributed by atoms with E-state index < -0.39 is 10.1 Å². The molecule has 3 rings (SSSR count). The highest BCUT2D eigenvalue weighted by atomic mass is 32.2. The van der Waals surface area contributed by atoms with Gasteiger partial charge in [0, 0.05) is 60.6 Å². The first-order valence-corrected chi connectivity index (χ1v) is 15.5. The van der Waals surface area contributed by atoms with Crippen LogP contribution in [0.15, 0.2) is 78.2 Å². The average Bonchev–Trinajstić information content (AvgIpc) is 2.93. The molecule has 0 fully saturated rings. The van der Waals surface area contributed by atoms with Crippen molar-refractivity contribution in [2.75, 3.05) is 50.4 Å². The van der Waals surface area contributed by atoms with Crippen molar-refractivity contribution in [1.29, 1.82) is 0 Å². The molecule has 3 aromatic rings. The molecule has 0 aliphatic carbocycles. The number of nitrogens with one attached hydrogen (secondary N) is 2. The third-order valence-electron chi connectivity index (χ3n) is 7.07. The molecule has 0 atom stereocenters. The van der Waals surface area contributed by atoms with Gasteiger partial charge in [0.25, 0.3) is 11.4 Å². The van der Waals surface area contributed by atoms with Gasteiger partial charge in [-0.15, -0.1) is 0 Å². The van der Waals surface area contributed by atoms with Gasteiger partial charge in [-0.05, 0) is 63.2 Å². The summed E-state index contributed by atoms with van der Waals surface area (Å²) in [7, 11) is -2.05. The Morgan fingerprint density at radius 3 is 1.57 bits per heavy atom. The number of nitro benzene ring substituents is 2. The van der Waals surface area contributed by atoms with Crippen LogP contribution in [0.3, 0.4) is 0 Å². The Labute approximate surface area is 259 Å². The number of hydrogen-bond donors (Lipinski definition) is 2. The van der Waals surface area contributed by atoms with Crippen molar-refractivity contribution in [3.63, 3.8) is 0 Å². The van der Waals surface area contributed by atoms with Gasteiger partial charge in [-0.3, -0.25) is 20.2 Å². The number of nitro groups is 2. The molecule has 3 aromatic carbocycles. The maximum Gasteiger partial charge on any atom is 0.272 e. The van der Waals surface area contributed by atoms with Gasteiger partial charge in [0.15, 0.2) is 0 Å². The monoisotopic (exact) mass is 627 g/mol. The summed E-state index contributed by atoms with van der Waals surface area (Å²) < 4.78 is 32.0. The Morgan fingerprint density at radius 1 is 0.795 bits per heavy atom. The maximum absolute atomic E-state index is 11.0. The molecule has 0 bridgehead atoms. The lowest BCUT2D eigenvalue weighted by atomic mass is 10.1. The van der Waals surface area contributed by atoms with Gasteiger partial charge < -0.3 is 19.7 Å². The minimum absolute atomic E-state index is 0.133. The lowest BCUT2D eigenvalue weighted by molar-refractivity contribution is -0.904. The van der Waals surface area contributed by atoms with E-state index in [-0.39, 0.29) is 26.1 Å². The van der Waals surface area contributed by atoms with E-state index in [9.17, 15) is 33.2 Å². The molecular formula is C31H41N5O7S. The topological polar surface area (TPSA) is 168 Å². The van der Waals surface area contributed by atoms with Crippen molar-refractivity contribution in [3.05, 3.63) is 110 Å². The number of likely N-dealkylation sites (N-methyl/N-ethyl adjacent to an activating group) is 1. The number of aryl methyl sites for hydroxylation is 3. The summed E-state index contributed by atoms with van der Waals surface area (Å²) in [6, 6.07) is 16.0. The van der Waals surface area contributed by atoms with Crippen LogP contribution in [0.25, 0.3) is 0 Å². The summed E-state index contributed by atoms with van der Waals surface area (Å²) in [5.74, 6) is 0. The van der Waals surface area contributed by atoms with Crippen molar-refractivity contribution in [2.45, 2.75) is 38.5 Å². The molecular weight excluding hydrogens is 586 g/mol. The summed E-state index contributed by atoms with van der Waals surface area (Å²) in [5.41, 5.74) is 4.26. The number of rotatable bonds is 15. The summed E-state index contributed by atoms with van der Waals surface area (Å²) in [5, 5.41) is 28.6. The van der Waals surface area contributed by atoms with Gasteiger partial charge in [-0.1, -0.05) is 24.3 Å². The lowest BCUT2D eigenvalue weighted by Crippen LogP contribution is -2.46. The van der Waals surface area contributed by atoms with Crippen LogP contribution in [-0.2, 0) is 10.1 Å². The zero-order valence-corrected chi connectivity index (χ0v) is 26.4. The van der Waals surface area contributed by atoms with Gasteiger partial charge in [-0.2, -0.15) is 0 Å². The highest BCUT2D eigenvalue weighted by Crippen LogP contribution is 2.23. The smallest absolute Gasteiger partial charge is 0.272 e. The maximum atomic E-state index is 11.0. The number of benzene rings is 3. The molecule has 0 saturated carbocycles. The summed E-state index contributed by atoms with van der Waals surface area (Å²) >= 11 is 0. The predicted octanol–water partition coefficient (Wildman–Crippen LogP) is 5.96. The fourth-order valence-electron chi connectivity index (χ4n) is 4.64. The third-order valence-corrected chi connectivity index (χ3v) is 7.92. The second kappa shape index (κ2) is 16.5. The van der Waals surface area contributed by atoms with Gasteiger partial charge in [0.05, 0.1) is 41.4 Å². The minimum atomic E-state index is -4.27. The van der Waals surface area contributed by atoms with Crippen LogP contribution in [0.5, 0.6) is 0 Å². The van der Waals surface area contributed by atoms with Crippen molar-refractivity contribution < 1.29 is 27.3 Å². The normalized spacial score (nSPS) is 11.2. The second-order valence-electron chi connectivity index (χ2n) is 10.9. The molecule has 0 aromatic heterocycles. The molecule has 44 heavy (non-hydrogen) atoms. The molecule has 2 N–H and O–H groups in total. The second-order valence-corrected chi connectivity index (χ2v) is 12.3. The molecule has 13 heteroatoms. The van der Waals surface area contributed by atoms with Crippen LogP contribution in [0.2, 0.25) is 0 Å². The molecule has 0 aliphatic rings. The highest BCUT2D eigenvalue weighted by molar-refractivity contribution is 7.85. The number of nitrogens with zero attached hydrogens (tertiary/aromatic N) is 3. The van der Waals surface area contributed by atoms with Crippen LogP contribution in [0, 0.1) is 41.0 Å². The Morgan fingerprint density at radius 2 is 1.23 bits per heavy atom. The van der Waals surface area contributed by atoms with Crippen molar-refractivity contribution >= 4 is 32.9 Å². The first-order valence-electron chi connectivity index (χ1n) is 14.1. The number of quaternary nitrogens is 1. The van der Waals surface area contributed by atoms with Crippen LogP contribution in [0.1, 0.15) is 29.5 Å². The van der Waals surface area contributed by atoms with E-state index >= 15 is 0 Å². The Balaban J connectivity index is 0.000000514. The SMILES string of the molecule is C=CC[N+](C)(CCCNc1ccc([N+](=O)[O-])c(C)c1)CCCNc1ccc([N+](=O)[O-])c(C)c1.Cc1ccc(S(=O)(=O)[O-])cc1. The van der Waals surface area contributed by atoms with Gasteiger partial charge in [0.2, 0.25) is 0 Å². The largest absolute Gasteiger partial charge is 0.744 e. The summed E-state index contributed by atoms with van der Waals surface area (Å²) in [6.45, 7) is 13.6. The molecule has 12 nitrogen and oxygen atoms in total. The Hall–Kier alpha value is -4.33. The standard InChI is InChI=1S/C24H34N5O4.C7H8O3S/c1-5-14-29(4,15-6-12-25-21-8-10-23(27(30)31)19(2)17-21)16-7-13-26-22-9-11-24(28(32)33)20(3)18-22;1-6-2-4-7(5-3-6)11(8,9)10/h5,8-11,17-18,25-26H,1,6-7,12-16H2,2-4H3;2-5H,1H3,(H,8,9,10)/q+1;/p-1. The van der Waals surface area contributed by atoms with E-state index in [2.05, 4.69) is 24.3 Å². The van der Waals surface area contributed by atoms with E-state index in [1.807, 2.05) is 25.1 Å². The Bertz CT molecular complexity index is 1470. The van der Waals surface area contributed by atoms with Crippen LogP contribution < -0.4 is 10.6 Å². The Kier molecular flexibility index (Phi) is 13.4. The fourth-order valence-corrected chi connectivity index (χ4v) is 5.11. The fraction of sp³-hybridized carbons (Fsp3) is 0.355. The molecule has 0 radical (unpaired) electrons. The molecule has 0 amide bonds. The molecule has 0 spiro atoms. The zero-order chi connectivity index (χ0) is 32.9. The van der Waals surface area contributed by atoms with Crippen LogP contribution >= 0.6 is 0 Å². The quantitative estimate of drug-likeness (QED) is 0.0516. The van der Waals surface area contributed by atoms with Crippen LogP contribution in [0.4, 0.5) is 22.7 Å². The van der Waals surface area contributed by atoms with Gasteiger partial charge >= 0.3 is 0 Å². The average molecular weight is 628 g/mol. The minimum Gasteiger partial charge on any atom is -0.744 e. The van der Waals surface area contributed by atoms with Crippen molar-refractivity contribution in [1.82, 2.24) is 0 Å². The molecule has 0 unspecified atom stereocenters. The third kappa shape index (κ3) is 11.7. The van der Waals surface area contributed by atoms with E-state index in [4.69, 9.17) is 0 Å². The van der Waals surface area contributed by atoms with E-state index in [1.54, 1.807) is 38.1 Å². The van der Waals surface area contributed by atoms with Gasteiger partial charge in [-0.25, -0.2) is 8.42 Å². The van der Waals surface area contributed by atoms with Crippen molar-refractivity contribution in [3.8, 4) is 0 Å². The van der Waals surface area contributed by atoms with E-state index in [0.29, 0.717) is 11.1 Å². The van der Waals surface area contributed by atoms with E-state index in [0.717, 1.165) is 67.0 Å². The summed E-state index contributed by atoms with van der Waals surface area (Å²) in [6.07, 6.45) is 3.85. The first kappa shape index (κ1) is 35.9.